The van der Waals surface area contributed by atoms with Gasteiger partial charge in [0.05, 0.1) is 12.0 Å². The molecule has 90 valence electrons. The Labute approximate surface area is 102 Å². The number of H-pyrrole nitrogens is 2. The van der Waals surface area contributed by atoms with E-state index < -0.39 is 5.97 Å². The monoisotopic (exact) mass is 241 g/mol. The third-order valence-corrected chi connectivity index (χ3v) is 2.88. The topological polar surface area (TPSA) is 81.8 Å². The summed E-state index contributed by atoms with van der Waals surface area (Å²) in [7, 11) is 0. The van der Waals surface area contributed by atoms with Crippen molar-refractivity contribution in [2.75, 3.05) is 0 Å². The number of imidazole rings is 1. The van der Waals surface area contributed by atoms with E-state index in [1.165, 1.54) is 6.33 Å². The van der Waals surface area contributed by atoms with Crippen LogP contribution in [0.25, 0.3) is 22.3 Å². The maximum Gasteiger partial charge on any atom is 0.354 e. The van der Waals surface area contributed by atoms with Crippen LogP contribution in [-0.4, -0.2) is 26.0 Å². The molecule has 0 spiro atoms. The molecule has 0 aliphatic rings. The zero-order valence-electron chi connectivity index (χ0n) is 9.69. The normalized spacial score (nSPS) is 10.9. The van der Waals surface area contributed by atoms with Crippen molar-refractivity contribution in [3.63, 3.8) is 0 Å². The summed E-state index contributed by atoms with van der Waals surface area (Å²) in [6.45, 7) is 2.02. The maximum atomic E-state index is 11.0. The highest BCUT2D eigenvalue weighted by Gasteiger charge is 2.16. The van der Waals surface area contributed by atoms with Crippen LogP contribution in [0.1, 0.15) is 16.1 Å². The number of carboxylic acid groups (broad SMARTS) is 1. The number of aromatic amines is 2. The van der Waals surface area contributed by atoms with Crippen LogP contribution in [0.3, 0.4) is 0 Å². The Morgan fingerprint density at radius 1 is 1.33 bits per heavy atom. The molecule has 18 heavy (non-hydrogen) atoms. The molecule has 0 atom stereocenters. The van der Waals surface area contributed by atoms with Crippen LogP contribution in [0, 0.1) is 6.92 Å². The van der Waals surface area contributed by atoms with Crippen molar-refractivity contribution < 1.29 is 9.90 Å². The Morgan fingerprint density at radius 3 is 2.94 bits per heavy atom. The number of rotatable bonds is 2. The van der Waals surface area contributed by atoms with Crippen molar-refractivity contribution in [3.05, 3.63) is 41.9 Å². The summed E-state index contributed by atoms with van der Waals surface area (Å²) in [5.41, 5.74) is 3.35. The number of hydrogen-bond acceptors (Lipinski definition) is 2. The van der Waals surface area contributed by atoms with Crippen molar-refractivity contribution in [3.8, 4) is 11.4 Å². The number of aromatic carboxylic acids is 1. The highest BCUT2D eigenvalue weighted by atomic mass is 16.4. The van der Waals surface area contributed by atoms with Gasteiger partial charge in [-0.2, -0.15) is 0 Å². The zero-order valence-corrected chi connectivity index (χ0v) is 9.69. The molecule has 2 heterocycles. The third kappa shape index (κ3) is 1.57. The summed E-state index contributed by atoms with van der Waals surface area (Å²) >= 11 is 0. The molecule has 5 heteroatoms. The summed E-state index contributed by atoms with van der Waals surface area (Å²) in [5, 5.41) is 10.1. The van der Waals surface area contributed by atoms with E-state index in [-0.39, 0.29) is 5.69 Å². The predicted octanol–water partition coefficient (Wildman–Crippen LogP) is 2.56. The lowest BCUT2D eigenvalue weighted by Crippen LogP contribution is -1.99. The molecule has 0 saturated carbocycles. The van der Waals surface area contributed by atoms with E-state index in [0.29, 0.717) is 11.4 Å². The van der Waals surface area contributed by atoms with Gasteiger partial charge in [-0.05, 0) is 25.1 Å². The zero-order chi connectivity index (χ0) is 12.7. The lowest BCUT2D eigenvalue weighted by molar-refractivity contribution is 0.0692. The highest BCUT2D eigenvalue weighted by molar-refractivity contribution is 5.94. The molecule has 0 radical (unpaired) electrons. The number of aryl methyl sites for hydroxylation is 1. The minimum absolute atomic E-state index is 0.0956. The van der Waals surface area contributed by atoms with Gasteiger partial charge >= 0.3 is 5.97 Å². The quantitative estimate of drug-likeness (QED) is 0.644. The van der Waals surface area contributed by atoms with Gasteiger partial charge in [0.2, 0.25) is 0 Å². The van der Waals surface area contributed by atoms with Crippen LogP contribution >= 0.6 is 0 Å². The molecule has 5 nitrogen and oxygen atoms in total. The van der Waals surface area contributed by atoms with E-state index in [1.54, 1.807) is 0 Å². The molecule has 0 aliphatic heterocycles. The molecule has 3 N–H and O–H groups in total. The first-order chi connectivity index (χ1) is 8.65. The first kappa shape index (κ1) is 10.6. The molecular weight excluding hydrogens is 230 g/mol. The van der Waals surface area contributed by atoms with Gasteiger partial charge < -0.3 is 15.1 Å². The number of carbonyl (C=O) groups is 1. The van der Waals surface area contributed by atoms with Crippen molar-refractivity contribution in [1.29, 1.82) is 0 Å². The number of fused-ring (bicyclic) bond motifs is 1. The largest absolute Gasteiger partial charge is 0.477 e. The molecule has 0 unspecified atom stereocenters. The van der Waals surface area contributed by atoms with Crippen LogP contribution in [0.4, 0.5) is 0 Å². The van der Waals surface area contributed by atoms with Crippen LogP contribution in [0.2, 0.25) is 0 Å². The molecule has 3 rings (SSSR count). The summed E-state index contributed by atoms with van der Waals surface area (Å²) < 4.78 is 0. The van der Waals surface area contributed by atoms with Crippen molar-refractivity contribution in [2.24, 2.45) is 0 Å². The second-order valence-electron chi connectivity index (χ2n) is 4.21. The first-order valence-electron chi connectivity index (χ1n) is 5.51. The Bertz CT molecular complexity index is 740. The molecule has 0 saturated heterocycles. The van der Waals surface area contributed by atoms with Gasteiger partial charge in [0.1, 0.15) is 5.69 Å². The second kappa shape index (κ2) is 3.73. The molecule has 0 aliphatic carbocycles. The number of aromatic nitrogens is 3. The Hall–Kier alpha value is -2.56. The third-order valence-electron chi connectivity index (χ3n) is 2.88. The van der Waals surface area contributed by atoms with Crippen molar-refractivity contribution in [1.82, 2.24) is 15.0 Å². The van der Waals surface area contributed by atoms with Crippen LogP contribution < -0.4 is 0 Å². The van der Waals surface area contributed by atoms with E-state index in [0.717, 1.165) is 16.5 Å². The Balaban J connectivity index is 2.19. The predicted molar refractivity (Wildman–Crippen MR) is 67.6 cm³/mol. The van der Waals surface area contributed by atoms with E-state index in [2.05, 4.69) is 15.0 Å². The van der Waals surface area contributed by atoms with Gasteiger partial charge in [0.15, 0.2) is 5.69 Å². The second-order valence-corrected chi connectivity index (χ2v) is 4.21. The summed E-state index contributed by atoms with van der Waals surface area (Å²) in [4.78, 5) is 20.9. The fraction of sp³-hybridized carbons (Fsp3) is 0.0769. The number of nitrogens with one attached hydrogen (secondary N) is 2. The van der Waals surface area contributed by atoms with Gasteiger partial charge in [-0.15, -0.1) is 0 Å². The minimum Gasteiger partial charge on any atom is -0.477 e. The highest BCUT2D eigenvalue weighted by Crippen LogP contribution is 2.25. The number of carboxylic acids is 1. The maximum absolute atomic E-state index is 11.0. The molecule has 2 aromatic heterocycles. The minimum atomic E-state index is -1.02. The van der Waals surface area contributed by atoms with Gasteiger partial charge in [0, 0.05) is 10.9 Å². The lowest BCUT2D eigenvalue weighted by Gasteiger charge is -1.94. The molecular formula is C13H11N3O2. The van der Waals surface area contributed by atoms with E-state index in [4.69, 9.17) is 5.11 Å². The Morgan fingerprint density at radius 2 is 2.17 bits per heavy atom. The van der Waals surface area contributed by atoms with Crippen LogP contribution in [0.15, 0.2) is 30.6 Å². The van der Waals surface area contributed by atoms with E-state index in [9.17, 15) is 4.79 Å². The molecule has 0 bridgehead atoms. The number of benzene rings is 1. The fourth-order valence-corrected chi connectivity index (χ4v) is 2.04. The standard InChI is InChI=1S/C13H11N3O2/c1-7-2-3-9-8(4-7)5-10(16-9)11-12(13(17)18)15-6-14-11/h2-6,16H,1H3,(H,14,15)(H,17,18). The number of nitrogens with zero attached hydrogens (tertiary/aromatic N) is 1. The SMILES string of the molecule is Cc1ccc2[nH]c(-c3nc[nH]c3C(=O)O)cc2c1. The van der Waals surface area contributed by atoms with E-state index in [1.807, 2.05) is 31.2 Å². The average Bonchev–Trinajstić information content (AvgIpc) is 2.93. The molecule has 0 amide bonds. The average molecular weight is 241 g/mol. The summed E-state index contributed by atoms with van der Waals surface area (Å²) in [6.07, 6.45) is 1.38. The van der Waals surface area contributed by atoms with E-state index >= 15 is 0 Å². The van der Waals surface area contributed by atoms with Crippen molar-refractivity contribution in [2.45, 2.75) is 6.92 Å². The van der Waals surface area contributed by atoms with Gasteiger partial charge in [0.25, 0.3) is 0 Å². The van der Waals surface area contributed by atoms with Gasteiger partial charge in [-0.1, -0.05) is 11.6 Å². The lowest BCUT2D eigenvalue weighted by atomic mass is 10.2. The van der Waals surface area contributed by atoms with Gasteiger partial charge in [-0.3, -0.25) is 0 Å². The fourth-order valence-electron chi connectivity index (χ4n) is 2.04. The smallest absolute Gasteiger partial charge is 0.354 e. The summed E-state index contributed by atoms with van der Waals surface area (Å²) in [5.74, 6) is -1.02. The van der Waals surface area contributed by atoms with Crippen LogP contribution in [-0.2, 0) is 0 Å². The number of hydrogen-bond donors (Lipinski definition) is 3. The molecule has 3 aromatic rings. The molecule has 0 fully saturated rings. The Kier molecular flexibility index (Phi) is 2.19. The van der Waals surface area contributed by atoms with Crippen molar-refractivity contribution >= 4 is 16.9 Å². The van der Waals surface area contributed by atoms with Gasteiger partial charge in [-0.25, -0.2) is 9.78 Å². The van der Waals surface area contributed by atoms with Crippen LogP contribution in [0.5, 0.6) is 0 Å². The summed E-state index contributed by atoms with van der Waals surface area (Å²) in [6, 6.07) is 7.93. The first-order valence-corrected chi connectivity index (χ1v) is 5.51. The molecule has 1 aromatic carbocycles.